The van der Waals surface area contributed by atoms with E-state index in [2.05, 4.69) is 156 Å². The predicted octanol–water partition coefficient (Wildman–Crippen LogP) is 11.0. The van der Waals surface area contributed by atoms with Crippen LogP contribution < -0.4 is 0 Å². The van der Waals surface area contributed by atoms with Crippen molar-refractivity contribution in [2.45, 2.75) is 19.8 Å². The lowest BCUT2D eigenvalue weighted by Gasteiger charge is -2.15. The molecule has 0 aliphatic heterocycles. The van der Waals surface area contributed by atoms with Crippen molar-refractivity contribution in [3.63, 3.8) is 0 Å². The van der Waals surface area contributed by atoms with Gasteiger partial charge in [-0.15, -0.1) is 0 Å². The van der Waals surface area contributed by atoms with E-state index in [0.717, 1.165) is 18.5 Å². The minimum atomic E-state index is 1.02. The molecule has 0 saturated carbocycles. The molecule has 7 aromatic rings. The van der Waals surface area contributed by atoms with Crippen LogP contribution in [0, 0.1) is 0 Å². The zero-order valence-electron chi connectivity index (χ0n) is 24.3. The number of nitrogens with zero attached hydrogens (tertiary/aromatic N) is 2. The van der Waals surface area contributed by atoms with Gasteiger partial charge >= 0.3 is 0 Å². The average Bonchev–Trinajstić information content (AvgIpc) is 3.56. The molecule has 0 fully saturated rings. The SMILES string of the molecule is C=Cc1c2c(n(-c3ccc4c(c3)c3ccccc3n4-c3cccc(-c4ccc5ccccc5c4)c3)c1/C=C\C)CCC=C2. The minimum absolute atomic E-state index is 1.02. The Bertz CT molecular complexity index is 2270. The Labute approximate surface area is 252 Å². The topological polar surface area (TPSA) is 9.86 Å². The molecule has 0 atom stereocenters. The molecule has 2 nitrogen and oxygen atoms in total. The van der Waals surface area contributed by atoms with E-state index in [9.17, 15) is 0 Å². The summed E-state index contributed by atoms with van der Waals surface area (Å²) >= 11 is 0. The molecule has 5 aromatic carbocycles. The summed E-state index contributed by atoms with van der Waals surface area (Å²) < 4.78 is 4.86. The highest BCUT2D eigenvalue weighted by molar-refractivity contribution is 6.10. The Kier molecular flexibility index (Phi) is 6.01. The first-order valence-corrected chi connectivity index (χ1v) is 15.1. The van der Waals surface area contributed by atoms with E-state index in [1.165, 1.54) is 71.9 Å². The Morgan fingerprint density at radius 2 is 1.47 bits per heavy atom. The molecule has 1 aliphatic rings. The van der Waals surface area contributed by atoms with E-state index in [1.54, 1.807) is 0 Å². The first kappa shape index (κ1) is 25.4. The lowest BCUT2D eigenvalue weighted by Crippen LogP contribution is -2.04. The van der Waals surface area contributed by atoms with Gasteiger partial charge in [0.05, 0.1) is 16.7 Å². The lowest BCUT2D eigenvalue weighted by atomic mass is 10.0. The van der Waals surface area contributed by atoms with Gasteiger partial charge in [-0.05, 0) is 90.2 Å². The molecule has 206 valence electrons. The smallest absolute Gasteiger partial charge is 0.0542 e. The maximum absolute atomic E-state index is 4.18. The normalized spacial score (nSPS) is 13.0. The van der Waals surface area contributed by atoms with Gasteiger partial charge in [0.15, 0.2) is 0 Å². The van der Waals surface area contributed by atoms with Gasteiger partial charge in [-0.1, -0.05) is 97.6 Å². The van der Waals surface area contributed by atoms with Crippen LogP contribution in [0.15, 0.2) is 128 Å². The quantitative estimate of drug-likeness (QED) is 0.201. The molecule has 0 amide bonds. The monoisotopic (exact) mass is 552 g/mol. The van der Waals surface area contributed by atoms with E-state index >= 15 is 0 Å². The highest BCUT2D eigenvalue weighted by Crippen LogP contribution is 2.38. The Morgan fingerprint density at radius 3 is 2.35 bits per heavy atom. The molecule has 8 rings (SSSR count). The standard InChI is InChI=1S/C41H32N2/c1-3-12-38-34(4-2)35-17-7-9-19-39(35)43(38)33-23-24-41-37(27-33)36-18-8-10-20-40(36)42(41)32-16-11-15-30(26-32)31-22-21-28-13-5-6-14-29(28)25-31/h3-8,10-18,20-27H,2,9,19H2,1H3/b12-3-. The second kappa shape index (κ2) is 10.2. The fourth-order valence-corrected chi connectivity index (χ4v) is 6.94. The third kappa shape index (κ3) is 4.02. The van der Waals surface area contributed by atoms with Crippen LogP contribution in [0.2, 0.25) is 0 Å². The second-order valence-corrected chi connectivity index (χ2v) is 11.3. The summed E-state index contributed by atoms with van der Waals surface area (Å²) in [5, 5.41) is 5.03. The van der Waals surface area contributed by atoms with Crippen LogP contribution in [-0.2, 0) is 6.42 Å². The zero-order valence-corrected chi connectivity index (χ0v) is 24.3. The van der Waals surface area contributed by atoms with E-state index in [0.29, 0.717) is 0 Å². The maximum atomic E-state index is 4.18. The van der Waals surface area contributed by atoms with Gasteiger partial charge in [0.1, 0.15) is 0 Å². The number of para-hydroxylation sites is 1. The van der Waals surface area contributed by atoms with Crippen LogP contribution in [0.5, 0.6) is 0 Å². The molecule has 2 heteroatoms. The van der Waals surface area contributed by atoms with E-state index in [1.807, 2.05) is 6.08 Å². The Hall–Kier alpha value is -5.34. The number of aromatic nitrogens is 2. The van der Waals surface area contributed by atoms with Crippen LogP contribution >= 0.6 is 0 Å². The summed E-state index contributed by atoms with van der Waals surface area (Å²) in [4.78, 5) is 0. The highest BCUT2D eigenvalue weighted by atomic mass is 15.0. The van der Waals surface area contributed by atoms with Crippen molar-refractivity contribution < 1.29 is 0 Å². The summed E-state index contributed by atoms with van der Waals surface area (Å²) in [5.41, 5.74) is 12.3. The van der Waals surface area contributed by atoms with Crippen molar-refractivity contribution in [2.75, 3.05) is 0 Å². The molecule has 0 spiro atoms. The molecule has 0 unspecified atom stereocenters. The third-order valence-corrected chi connectivity index (χ3v) is 8.85. The summed E-state index contributed by atoms with van der Waals surface area (Å²) in [6, 6.07) is 39.9. The molecule has 2 aromatic heterocycles. The van der Waals surface area contributed by atoms with E-state index in [-0.39, 0.29) is 0 Å². The van der Waals surface area contributed by atoms with Gasteiger partial charge in [0.2, 0.25) is 0 Å². The van der Waals surface area contributed by atoms with Crippen LogP contribution in [0.3, 0.4) is 0 Å². The van der Waals surface area contributed by atoms with Crippen molar-refractivity contribution in [1.82, 2.24) is 9.13 Å². The van der Waals surface area contributed by atoms with Crippen LogP contribution in [0.25, 0.3) is 73.3 Å². The molecule has 0 bridgehead atoms. The van der Waals surface area contributed by atoms with Gasteiger partial charge < -0.3 is 9.13 Å². The Balaban J connectivity index is 1.33. The summed E-state index contributed by atoms with van der Waals surface area (Å²) in [5.74, 6) is 0. The first-order valence-electron chi connectivity index (χ1n) is 15.1. The van der Waals surface area contributed by atoms with Crippen LogP contribution in [0.4, 0.5) is 0 Å². The lowest BCUT2D eigenvalue weighted by molar-refractivity contribution is 0.870. The second-order valence-electron chi connectivity index (χ2n) is 11.3. The molecular weight excluding hydrogens is 520 g/mol. The number of benzene rings is 5. The minimum Gasteiger partial charge on any atom is -0.313 e. The van der Waals surface area contributed by atoms with Crippen molar-refractivity contribution in [3.8, 4) is 22.5 Å². The van der Waals surface area contributed by atoms with Gasteiger partial charge in [-0.2, -0.15) is 0 Å². The van der Waals surface area contributed by atoms with Crippen LogP contribution in [0.1, 0.15) is 35.9 Å². The van der Waals surface area contributed by atoms with Gasteiger partial charge in [-0.25, -0.2) is 0 Å². The van der Waals surface area contributed by atoms with Crippen molar-refractivity contribution in [1.29, 1.82) is 0 Å². The number of hydrogen-bond acceptors (Lipinski definition) is 0. The van der Waals surface area contributed by atoms with E-state index < -0.39 is 0 Å². The van der Waals surface area contributed by atoms with Gasteiger partial charge in [-0.3, -0.25) is 0 Å². The van der Waals surface area contributed by atoms with Crippen molar-refractivity contribution >= 4 is 50.8 Å². The molecule has 43 heavy (non-hydrogen) atoms. The predicted molar refractivity (Wildman–Crippen MR) is 185 cm³/mol. The molecule has 1 aliphatic carbocycles. The van der Waals surface area contributed by atoms with Crippen LogP contribution in [-0.4, -0.2) is 9.13 Å². The number of fused-ring (bicyclic) bond motifs is 5. The molecule has 0 saturated heterocycles. The number of rotatable bonds is 5. The number of allylic oxidation sites excluding steroid dienone is 2. The largest absolute Gasteiger partial charge is 0.313 e. The third-order valence-electron chi connectivity index (χ3n) is 8.85. The highest BCUT2D eigenvalue weighted by Gasteiger charge is 2.22. The first-order chi connectivity index (χ1) is 21.2. The molecule has 0 N–H and O–H groups in total. The summed E-state index contributed by atoms with van der Waals surface area (Å²) in [7, 11) is 0. The molecule has 2 heterocycles. The fourth-order valence-electron chi connectivity index (χ4n) is 6.94. The number of hydrogen-bond donors (Lipinski definition) is 0. The Morgan fingerprint density at radius 1 is 0.674 bits per heavy atom. The van der Waals surface area contributed by atoms with Crippen molar-refractivity contribution in [3.05, 3.63) is 150 Å². The maximum Gasteiger partial charge on any atom is 0.0542 e. The van der Waals surface area contributed by atoms with E-state index in [4.69, 9.17) is 0 Å². The average molecular weight is 553 g/mol. The summed E-state index contributed by atoms with van der Waals surface area (Å²) in [6.45, 7) is 6.26. The summed E-state index contributed by atoms with van der Waals surface area (Å²) in [6.07, 6.45) is 13.0. The van der Waals surface area contributed by atoms with Gasteiger partial charge in [0, 0.05) is 39.0 Å². The van der Waals surface area contributed by atoms with Gasteiger partial charge in [0.25, 0.3) is 0 Å². The zero-order chi connectivity index (χ0) is 28.9. The van der Waals surface area contributed by atoms with Crippen molar-refractivity contribution in [2.24, 2.45) is 0 Å². The molecule has 0 radical (unpaired) electrons. The fraction of sp³-hybridized carbons (Fsp3) is 0.0732. The molecular formula is C41H32N2.